The number of nitro benzene ring substituents is 1. The van der Waals surface area contributed by atoms with Crippen molar-refractivity contribution in [1.29, 1.82) is 0 Å². The fraction of sp³-hybridized carbons (Fsp3) is 0.571. The van der Waals surface area contributed by atoms with Crippen LogP contribution in [0.5, 0.6) is 5.75 Å². The van der Waals surface area contributed by atoms with E-state index in [0.29, 0.717) is 19.1 Å². The predicted octanol–water partition coefficient (Wildman–Crippen LogP) is 3.08. The molecule has 1 atom stereocenters. The Morgan fingerprint density at radius 3 is 2.60 bits per heavy atom. The minimum Gasteiger partial charge on any atom is -0.490 e. The van der Waals surface area contributed by atoms with Gasteiger partial charge >= 0.3 is 5.69 Å². The molecular weight excluding hydrogens is 260 g/mol. The highest BCUT2D eigenvalue weighted by Gasteiger charge is 2.17. The highest BCUT2D eigenvalue weighted by Crippen LogP contribution is 2.30. The van der Waals surface area contributed by atoms with E-state index >= 15 is 0 Å². The van der Waals surface area contributed by atoms with Crippen molar-refractivity contribution < 1.29 is 14.4 Å². The van der Waals surface area contributed by atoms with E-state index in [-0.39, 0.29) is 17.5 Å². The number of methoxy groups -OCH3 is 1. The number of hydrogen-bond acceptors (Lipinski definition) is 5. The van der Waals surface area contributed by atoms with Gasteiger partial charge in [-0.1, -0.05) is 13.8 Å². The molecule has 0 spiro atoms. The molecule has 0 radical (unpaired) electrons. The van der Waals surface area contributed by atoms with Crippen LogP contribution < -0.4 is 10.1 Å². The van der Waals surface area contributed by atoms with Crippen LogP contribution >= 0.6 is 0 Å². The maximum absolute atomic E-state index is 10.8. The third-order valence-corrected chi connectivity index (χ3v) is 3.03. The van der Waals surface area contributed by atoms with E-state index in [1.165, 1.54) is 13.2 Å². The van der Waals surface area contributed by atoms with E-state index in [1.54, 1.807) is 12.1 Å². The number of nitrogens with one attached hydrogen (secondary N) is 1. The van der Waals surface area contributed by atoms with Gasteiger partial charge in [0.2, 0.25) is 0 Å². The third kappa shape index (κ3) is 4.38. The first-order chi connectivity index (χ1) is 9.49. The lowest BCUT2D eigenvalue weighted by Gasteiger charge is -2.23. The highest BCUT2D eigenvalue weighted by molar-refractivity contribution is 5.58. The molecule has 1 N–H and O–H groups in total. The summed E-state index contributed by atoms with van der Waals surface area (Å²) in [5.41, 5.74) is 0.745. The highest BCUT2D eigenvalue weighted by atomic mass is 16.6. The average molecular weight is 282 g/mol. The molecule has 112 valence electrons. The van der Waals surface area contributed by atoms with Crippen molar-refractivity contribution >= 4 is 11.4 Å². The van der Waals surface area contributed by atoms with Crippen LogP contribution in [0, 0.1) is 16.0 Å². The molecule has 0 heterocycles. The van der Waals surface area contributed by atoms with Crippen LogP contribution in [0.2, 0.25) is 0 Å². The number of anilines is 1. The van der Waals surface area contributed by atoms with Gasteiger partial charge in [-0.15, -0.1) is 0 Å². The first-order valence-electron chi connectivity index (χ1n) is 6.66. The summed E-state index contributed by atoms with van der Waals surface area (Å²) in [5.74, 6) is 0.627. The number of nitro groups is 1. The fourth-order valence-corrected chi connectivity index (χ4v) is 1.78. The van der Waals surface area contributed by atoms with Crippen molar-refractivity contribution in [1.82, 2.24) is 0 Å². The molecule has 0 aliphatic heterocycles. The smallest absolute Gasteiger partial charge is 0.311 e. The molecule has 0 aromatic heterocycles. The van der Waals surface area contributed by atoms with Crippen LogP contribution in [0.3, 0.4) is 0 Å². The Balaban J connectivity index is 2.87. The van der Waals surface area contributed by atoms with Gasteiger partial charge in [0.1, 0.15) is 0 Å². The summed E-state index contributed by atoms with van der Waals surface area (Å²) >= 11 is 0. The topological polar surface area (TPSA) is 73.6 Å². The van der Waals surface area contributed by atoms with Crippen molar-refractivity contribution in [2.75, 3.05) is 25.6 Å². The Bertz CT molecular complexity index is 449. The molecule has 0 saturated carbocycles. The van der Waals surface area contributed by atoms with Gasteiger partial charge in [0, 0.05) is 24.4 Å². The van der Waals surface area contributed by atoms with Crippen LogP contribution in [0.25, 0.3) is 0 Å². The SMILES string of the molecule is CCOCC(Nc1ccc([N+](=O)[O-])c(OC)c1)C(C)C. The molecule has 1 unspecified atom stereocenters. The molecule has 0 bridgehead atoms. The van der Waals surface area contributed by atoms with Crippen molar-refractivity contribution in [2.45, 2.75) is 26.8 Å². The molecule has 1 rings (SSSR count). The van der Waals surface area contributed by atoms with Crippen molar-refractivity contribution in [3.8, 4) is 5.75 Å². The molecule has 0 aliphatic carbocycles. The Morgan fingerprint density at radius 1 is 1.40 bits per heavy atom. The van der Waals surface area contributed by atoms with Crippen LogP contribution in [0.4, 0.5) is 11.4 Å². The molecular formula is C14H22N2O4. The normalized spacial score (nSPS) is 12.2. The lowest BCUT2D eigenvalue weighted by molar-refractivity contribution is -0.385. The van der Waals surface area contributed by atoms with E-state index in [0.717, 1.165) is 5.69 Å². The Morgan fingerprint density at radius 2 is 2.10 bits per heavy atom. The molecule has 1 aromatic carbocycles. The summed E-state index contributed by atoms with van der Waals surface area (Å²) in [6, 6.07) is 4.90. The molecule has 6 heteroatoms. The monoisotopic (exact) mass is 282 g/mol. The molecule has 0 aliphatic rings. The summed E-state index contributed by atoms with van der Waals surface area (Å²) in [4.78, 5) is 10.4. The first kappa shape index (κ1) is 16.2. The minimum atomic E-state index is -0.456. The maximum Gasteiger partial charge on any atom is 0.311 e. The summed E-state index contributed by atoms with van der Waals surface area (Å²) in [6.07, 6.45) is 0. The van der Waals surface area contributed by atoms with Gasteiger partial charge in [0.15, 0.2) is 5.75 Å². The fourth-order valence-electron chi connectivity index (χ4n) is 1.78. The van der Waals surface area contributed by atoms with Crippen molar-refractivity contribution in [3.05, 3.63) is 28.3 Å². The second kappa shape index (κ2) is 7.69. The lowest BCUT2D eigenvalue weighted by atomic mass is 10.0. The van der Waals surface area contributed by atoms with Gasteiger partial charge in [0.25, 0.3) is 0 Å². The molecule has 0 fully saturated rings. The van der Waals surface area contributed by atoms with Gasteiger partial charge in [-0.3, -0.25) is 10.1 Å². The predicted molar refractivity (Wildman–Crippen MR) is 78.4 cm³/mol. The maximum atomic E-state index is 10.8. The Hall–Kier alpha value is -1.82. The Kier molecular flexibility index (Phi) is 6.24. The summed E-state index contributed by atoms with van der Waals surface area (Å²) in [6.45, 7) is 7.40. The van der Waals surface area contributed by atoms with E-state index in [4.69, 9.17) is 9.47 Å². The number of benzene rings is 1. The second-order valence-corrected chi connectivity index (χ2v) is 4.80. The van der Waals surface area contributed by atoms with Crippen molar-refractivity contribution in [2.24, 2.45) is 5.92 Å². The zero-order valence-electron chi connectivity index (χ0n) is 12.4. The standard InChI is InChI=1S/C14H22N2O4/c1-5-20-9-12(10(2)3)15-11-6-7-13(16(17)18)14(8-11)19-4/h6-8,10,12,15H,5,9H2,1-4H3. The zero-order valence-corrected chi connectivity index (χ0v) is 12.4. The quantitative estimate of drug-likeness (QED) is 0.586. The van der Waals surface area contributed by atoms with Gasteiger partial charge < -0.3 is 14.8 Å². The largest absolute Gasteiger partial charge is 0.490 e. The number of ether oxygens (including phenoxy) is 2. The van der Waals surface area contributed by atoms with E-state index < -0.39 is 4.92 Å². The van der Waals surface area contributed by atoms with Gasteiger partial charge in [-0.2, -0.15) is 0 Å². The molecule has 1 aromatic rings. The average Bonchev–Trinajstić information content (AvgIpc) is 2.42. The van der Waals surface area contributed by atoms with Gasteiger partial charge in [-0.05, 0) is 18.9 Å². The Labute approximate surface area is 119 Å². The number of hydrogen-bond donors (Lipinski definition) is 1. The van der Waals surface area contributed by atoms with E-state index in [2.05, 4.69) is 19.2 Å². The van der Waals surface area contributed by atoms with Crippen LogP contribution in [0.1, 0.15) is 20.8 Å². The molecule has 20 heavy (non-hydrogen) atoms. The summed E-state index contributed by atoms with van der Waals surface area (Å²) in [7, 11) is 1.42. The van der Waals surface area contributed by atoms with Crippen LogP contribution in [-0.4, -0.2) is 31.3 Å². The lowest BCUT2D eigenvalue weighted by Crippen LogP contribution is -2.30. The van der Waals surface area contributed by atoms with E-state index in [9.17, 15) is 10.1 Å². The second-order valence-electron chi connectivity index (χ2n) is 4.80. The third-order valence-electron chi connectivity index (χ3n) is 3.03. The van der Waals surface area contributed by atoms with Crippen LogP contribution in [-0.2, 0) is 4.74 Å². The summed E-state index contributed by atoms with van der Waals surface area (Å²) < 4.78 is 10.5. The van der Waals surface area contributed by atoms with Crippen molar-refractivity contribution in [3.63, 3.8) is 0 Å². The summed E-state index contributed by atoms with van der Waals surface area (Å²) in [5, 5.41) is 14.2. The van der Waals surface area contributed by atoms with E-state index in [1.807, 2.05) is 6.92 Å². The minimum absolute atomic E-state index is 0.0380. The molecule has 6 nitrogen and oxygen atoms in total. The number of rotatable bonds is 8. The molecule has 0 saturated heterocycles. The van der Waals surface area contributed by atoms with Gasteiger partial charge in [0.05, 0.1) is 24.7 Å². The van der Waals surface area contributed by atoms with Gasteiger partial charge in [-0.25, -0.2) is 0 Å². The van der Waals surface area contributed by atoms with Crippen LogP contribution in [0.15, 0.2) is 18.2 Å². The number of nitrogens with zero attached hydrogens (tertiary/aromatic N) is 1. The molecule has 0 amide bonds. The first-order valence-corrected chi connectivity index (χ1v) is 6.66. The zero-order chi connectivity index (χ0) is 15.1.